The Kier molecular flexibility index (Phi) is 4.53. The Hall–Kier alpha value is -4.36. The number of nitrogens with one attached hydrogen (secondary N) is 2. The molecule has 0 radical (unpaired) electrons. The van der Waals surface area contributed by atoms with E-state index in [-0.39, 0.29) is 11.6 Å². The topological polar surface area (TPSA) is 105 Å². The molecule has 0 unspecified atom stereocenters. The SMILES string of the molecule is Cc1nc2cc(-n3ncc(C(=O)c4cc5ccc(-c6ccc(Cl)cc6)cc5[nH]4)c3N)ccc2[nH]1. The number of nitrogens with zero attached hydrogens (tertiary/aromatic N) is 3. The zero-order chi connectivity index (χ0) is 23.4. The van der Waals surface area contributed by atoms with Gasteiger partial charge in [0.2, 0.25) is 5.78 Å². The van der Waals surface area contributed by atoms with E-state index in [9.17, 15) is 4.79 Å². The lowest BCUT2D eigenvalue weighted by Crippen LogP contribution is -2.07. The van der Waals surface area contributed by atoms with Crippen molar-refractivity contribution in [2.75, 3.05) is 5.73 Å². The van der Waals surface area contributed by atoms with Gasteiger partial charge in [0.15, 0.2) is 0 Å². The summed E-state index contributed by atoms with van der Waals surface area (Å²) in [6.07, 6.45) is 1.50. The van der Waals surface area contributed by atoms with Gasteiger partial charge >= 0.3 is 0 Å². The minimum Gasteiger partial charge on any atom is -0.383 e. The molecule has 0 saturated heterocycles. The van der Waals surface area contributed by atoms with E-state index >= 15 is 0 Å². The van der Waals surface area contributed by atoms with Crippen LogP contribution >= 0.6 is 11.6 Å². The number of hydrogen-bond acceptors (Lipinski definition) is 4. The number of fused-ring (bicyclic) bond motifs is 2. The lowest BCUT2D eigenvalue weighted by molar-refractivity contribution is 0.103. The minimum atomic E-state index is -0.218. The molecule has 3 aromatic heterocycles. The zero-order valence-corrected chi connectivity index (χ0v) is 18.9. The molecule has 34 heavy (non-hydrogen) atoms. The van der Waals surface area contributed by atoms with Crippen molar-refractivity contribution in [1.29, 1.82) is 0 Å². The van der Waals surface area contributed by atoms with Gasteiger partial charge in [0, 0.05) is 15.9 Å². The van der Waals surface area contributed by atoms with Crippen LogP contribution in [-0.4, -0.2) is 30.5 Å². The van der Waals surface area contributed by atoms with Crippen LogP contribution in [0.15, 0.2) is 72.9 Å². The van der Waals surface area contributed by atoms with Crippen LogP contribution in [0.1, 0.15) is 21.9 Å². The molecule has 7 nitrogen and oxygen atoms in total. The number of benzene rings is 3. The molecule has 6 aromatic rings. The number of H-pyrrole nitrogens is 2. The average molecular weight is 467 g/mol. The van der Waals surface area contributed by atoms with Crippen LogP contribution < -0.4 is 5.73 Å². The van der Waals surface area contributed by atoms with Crippen molar-refractivity contribution in [3.63, 3.8) is 0 Å². The molecule has 6 rings (SSSR count). The van der Waals surface area contributed by atoms with Crippen molar-refractivity contribution in [1.82, 2.24) is 24.7 Å². The molecule has 4 N–H and O–H groups in total. The van der Waals surface area contributed by atoms with Crippen molar-refractivity contribution in [2.45, 2.75) is 6.92 Å². The van der Waals surface area contributed by atoms with E-state index in [0.717, 1.165) is 44.6 Å². The molecule has 0 saturated carbocycles. The zero-order valence-electron chi connectivity index (χ0n) is 18.1. The summed E-state index contributed by atoms with van der Waals surface area (Å²) in [6.45, 7) is 1.90. The number of aromatic nitrogens is 5. The number of nitrogens with two attached hydrogens (primary N) is 1. The van der Waals surface area contributed by atoms with Gasteiger partial charge in [-0.25, -0.2) is 9.67 Å². The van der Waals surface area contributed by atoms with Crippen LogP contribution in [0.2, 0.25) is 5.02 Å². The Labute approximate surface area is 199 Å². The van der Waals surface area contributed by atoms with E-state index in [4.69, 9.17) is 17.3 Å². The first-order valence-corrected chi connectivity index (χ1v) is 11.1. The summed E-state index contributed by atoms with van der Waals surface area (Å²) in [4.78, 5) is 24.2. The standard InChI is InChI=1S/C26H19ClN6O/c1-14-30-21-9-8-19(12-23(21)31-14)33-26(28)20(13-29-33)25(34)24-11-17-3-2-16(10-22(17)32-24)15-4-6-18(27)7-5-15/h2-13,32H,28H2,1H3,(H,30,31). The first-order chi connectivity index (χ1) is 16.5. The van der Waals surface area contributed by atoms with Gasteiger partial charge in [0.05, 0.1) is 34.2 Å². The van der Waals surface area contributed by atoms with Crippen molar-refractivity contribution in [2.24, 2.45) is 0 Å². The lowest BCUT2D eigenvalue weighted by atomic mass is 10.0. The lowest BCUT2D eigenvalue weighted by Gasteiger charge is -2.05. The van der Waals surface area contributed by atoms with E-state index in [2.05, 4.69) is 20.1 Å². The molecule has 0 aliphatic heterocycles. The molecule has 0 fully saturated rings. The molecule has 3 heterocycles. The maximum Gasteiger partial charge on any atom is 0.214 e. The molecule has 0 aliphatic rings. The molecule has 3 aromatic carbocycles. The van der Waals surface area contributed by atoms with E-state index in [1.54, 1.807) is 4.68 Å². The highest BCUT2D eigenvalue weighted by Gasteiger charge is 2.20. The molecular weight excluding hydrogens is 448 g/mol. The normalized spacial score (nSPS) is 11.5. The van der Waals surface area contributed by atoms with Crippen LogP contribution in [0.5, 0.6) is 0 Å². The second-order valence-electron chi connectivity index (χ2n) is 8.20. The molecule has 0 bridgehead atoms. The third-order valence-electron chi connectivity index (χ3n) is 5.93. The van der Waals surface area contributed by atoms with Crippen LogP contribution in [0.25, 0.3) is 38.8 Å². The third-order valence-corrected chi connectivity index (χ3v) is 6.18. The number of carbonyl (C=O) groups is 1. The summed E-state index contributed by atoms with van der Waals surface area (Å²) in [5.41, 5.74) is 12.6. The van der Waals surface area contributed by atoms with Gasteiger partial charge in [-0.1, -0.05) is 35.9 Å². The fraction of sp³-hybridized carbons (Fsp3) is 0.0385. The number of anilines is 1. The minimum absolute atomic E-state index is 0.218. The van der Waals surface area contributed by atoms with Crippen LogP contribution in [0.3, 0.4) is 0 Å². The van der Waals surface area contributed by atoms with Crippen LogP contribution in [0, 0.1) is 6.92 Å². The van der Waals surface area contributed by atoms with E-state index < -0.39 is 0 Å². The fourth-order valence-electron chi connectivity index (χ4n) is 4.21. The Balaban J connectivity index is 1.34. The number of carbonyl (C=O) groups excluding carboxylic acids is 1. The molecule has 0 amide bonds. The average Bonchev–Trinajstić information content (AvgIpc) is 3.53. The molecule has 8 heteroatoms. The van der Waals surface area contributed by atoms with Gasteiger partial charge in [-0.2, -0.15) is 5.10 Å². The molecule has 166 valence electrons. The van der Waals surface area contributed by atoms with Crippen molar-refractivity contribution in [3.05, 3.63) is 95.0 Å². The monoisotopic (exact) mass is 466 g/mol. The highest BCUT2D eigenvalue weighted by Crippen LogP contribution is 2.28. The largest absolute Gasteiger partial charge is 0.383 e. The number of aryl methyl sites for hydroxylation is 1. The molecule has 0 atom stereocenters. The number of hydrogen-bond donors (Lipinski definition) is 3. The van der Waals surface area contributed by atoms with E-state index in [0.29, 0.717) is 16.3 Å². The number of halogens is 1. The van der Waals surface area contributed by atoms with Crippen molar-refractivity contribution < 1.29 is 4.79 Å². The Morgan fingerprint density at radius 3 is 2.56 bits per heavy atom. The first kappa shape index (κ1) is 20.3. The van der Waals surface area contributed by atoms with Gasteiger partial charge in [0.25, 0.3) is 0 Å². The Bertz CT molecular complexity index is 1710. The predicted molar refractivity (Wildman–Crippen MR) is 135 cm³/mol. The van der Waals surface area contributed by atoms with Crippen LogP contribution in [-0.2, 0) is 0 Å². The third kappa shape index (κ3) is 3.34. The first-order valence-electron chi connectivity index (χ1n) is 10.7. The second-order valence-corrected chi connectivity index (χ2v) is 8.64. The van der Waals surface area contributed by atoms with Gasteiger partial charge in [-0.05, 0) is 60.5 Å². The molecule has 0 spiro atoms. The van der Waals surface area contributed by atoms with Crippen molar-refractivity contribution >= 4 is 45.1 Å². The Morgan fingerprint density at radius 2 is 1.74 bits per heavy atom. The highest BCUT2D eigenvalue weighted by molar-refractivity contribution is 6.30. The maximum atomic E-state index is 13.3. The summed E-state index contributed by atoms with van der Waals surface area (Å²) in [5, 5.41) is 6.00. The highest BCUT2D eigenvalue weighted by atomic mass is 35.5. The van der Waals surface area contributed by atoms with Gasteiger partial charge in [-0.15, -0.1) is 0 Å². The summed E-state index contributed by atoms with van der Waals surface area (Å²) in [5.74, 6) is 0.885. The maximum absolute atomic E-state index is 13.3. The fourth-order valence-corrected chi connectivity index (χ4v) is 4.33. The van der Waals surface area contributed by atoms with Gasteiger partial charge in [0.1, 0.15) is 11.6 Å². The van der Waals surface area contributed by atoms with Gasteiger partial charge < -0.3 is 15.7 Å². The smallest absolute Gasteiger partial charge is 0.214 e. The van der Waals surface area contributed by atoms with Gasteiger partial charge in [-0.3, -0.25) is 4.79 Å². The number of ketones is 1. The number of rotatable bonds is 4. The Morgan fingerprint density at radius 1 is 0.941 bits per heavy atom. The summed E-state index contributed by atoms with van der Waals surface area (Å²) in [6, 6.07) is 21.2. The van der Waals surface area contributed by atoms with Crippen LogP contribution in [0.4, 0.5) is 5.82 Å². The predicted octanol–water partition coefficient (Wildman–Crippen LogP) is 5.67. The summed E-state index contributed by atoms with van der Waals surface area (Å²) < 4.78 is 1.55. The van der Waals surface area contributed by atoms with E-state index in [1.807, 2.05) is 73.7 Å². The quantitative estimate of drug-likeness (QED) is 0.291. The van der Waals surface area contributed by atoms with Crippen molar-refractivity contribution in [3.8, 4) is 16.8 Å². The second kappa shape index (κ2) is 7.60. The molecule has 0 aliphatic carbocycles. The number of imidazole rings is 1. The summed E-state index contributed by atoms with van der Waals surface area (Å²) >= 11 is 6.01. The molecular formula is C26H19ClN6O. The number of aromatic amines is 2. The van der Waals surface area contributed by atoms with E-state index in [1.165, 1.54) is 6.20 Å². The number of nitrogen functional groups attached to an aromatic ring is 1. The summed E-state index contributed by atoms with van der Waals surface area (Å²) in [7, 11) is 0.